The second-order valence-electron chi connectivity index (χ2n) is 5.91. The molecule has 4 nitrogen and oxygen atoms in total. The monoisotopic (exact) mass is 276 g/mol. The van der Waals surface area contributed by atoms with Crippen molar-refractivity contribution >= 4 is 0 Å². The lowest BCUT2D eigenvalue weighted by atomic mass is 10.0. The van der Waals surface area contributed by atoms with E-state index in [2.05, 4.69) is 53.3 Å². The third-order valence-corrected chi connectivity index (χ3v) is 4.14. The number of hydrogen-bond donors (Lipinski definition) is 1. The van der Waals surface area contributed by atoms with Crippen LogP contribution in [0, 0.1) is 0 Å². The minimum atomic E-state index is 0.752. The van der Waals surface area contributed by atoms with Crippen molar-refractivity contribution in [2.75, 3.05) is 33.7 Å². The average Bonchev–Trinajstić information content (AvgIpc) is 2.47. The van der Waals surface area contributed by atoms with Crippen molar-refractivity contribution in [1.82, 2.24) is 20.1 Å². The molecule has 0 amide bonds. The fourth-order valence-corrected chi connectivity index (χ4v) is 2.75. The van der Waals surface area contributed by atoms with Gasteiger partial charge < -0.3 is 10.2 Å². The molecule has 4 heteroatoms. The van der Waals surface area contributed by atoms with E-state index in [0.717, 1.165) is 25.7 Å². The van der Waals surface area contributed by atoms with Gasteiger partial charge in [-0.1, -0.05) is 13.0 Å². The van der Waals surface area contributed by atoms with Gasteiger partial charge in [0.2, 0.25) is 0 Å². The van der Waals surface area contributed by atoms with Crippen LogP contribution in [0.4, 0.5) is 0 Å². The van der Waals surface area contributed by atoms with Crippen LogP contribution in [0.25, 0.3) is 0 Å². The topological polar surface area (TPSA) is 31.4 Å². The molecule has 112 valence electrons. The lowest BCUT2D eigenvalue weighted by Gasteiger charge is -2.34. The minimum Gasteiger partial charge on any atom is -0.313 e. The summed E-state index contributed by atoms with van der Waals surface area (Å²) in [6, 6.07) is 5.11. The van der Waals surface area contributed by atoms with Gasteiger partial charge in [-0.2, -0.15) is 0 Å². The van der Waals surface area contributed by atoms with Gasteiger partial charge in [0.25, 0.3) is 0 Å². The van der Waals surface area contributed by atoms with Gasteiger partial charge in [-0.15, -0.1) is 0 Å². The van der Waals surface area contributed by atoms with E-state index in [-0.39, 0.29) is 0 Å². The summed E-state index contributed by atoms with van der Waals surface area (Å²) in [4.78, 5) is 9.46. The number of piperidine rings is 1. The van der Waals surface area contributed by atoms with Crippen LogP contribution in [-0.2, 0) is 13.1 Å². The summed E-state index contributed by atoms with van der Waals surface area (Å²) in [7, 11) is 4.37. The standard InChI is InChI=1S/C16H28N4/c1-4-17-11-14-5-6-15(18-12-14)13-20-9-7-16(8-10-20)19(2)3/h5-6,12,16-17H,4,7-11,13H2,1-3H3. The number of nitrogens with one attached hydrogen (secondary N) is 1. The highest BCUT2D eigenvalue weighted by Gasteiger charge is 2.20. The van der Waals surface area contributed by atoms with E-state index in [1.807, 2.05) is 6.20 Å². The van der Waals surface area contributed by atoms with E-state index in [0.29, 0.717) is 0 Å². The van der Waals surface area contributed by atoms with Gasteiger partial charge in [-0.25, -0.2) is 0 Å². The van der Waals surface area contributed by atoms with Gasteiger partial charge in [0, 0.05) is 38.4 Å². The molecule has 0 spiro atoms. The highest BCUT2D eigenvalue weighted by Crippen LogP contribution is 2.16. The molecule has 1 aliphatic rings. The predicted molar refractivity (Wildman–Crippen MR) is 83.6 cm³/mol. The second kappa shape index (κ2) is 7.72. The van der Waals surface area contributed by atoms with E-state index in [4.69, 9.17) is 0 Å². The number of nitrogens with zero attached hydrogens (tertiary/aromatic N) is 3. The van der Waals surface area contributed by atoms with Gasteiger partial charge in [0.1, 0.15) is 0 Å². The van der Waals surface area contributed by atoms with Crippen LogP contribution in [0.5, 0.6) is 0 Å². The number of hydrogen-bond acceptors (Lipinski definition) is 4. The van der Waals surface area contributed by atoms with Crippen LogP contribution in [0.2, 0.25) is 0 Å². The first-order valence-electron chi connectivity index (χ1n) is 7.72. The zero-order valence-electron chi connectivity index (χ0n) is 13.1. The summed E-state index contributed by atoms with van der Waals surface area (Å²) in [5.41, 5.74) is 2.45. The normalized spacial score (nSPS) is 17.8. The molecule has 1 fully saturated rings. The summed E-state index contributed by atoms with van der Waals surface area (Å²) in [5, 5.41) is 3.33. The smallest absolute Gasteiger partial charge is 0.0544 e. The first-order chi connectivity index (χ1) is 9.69. The molecule has 20 heavy (non-hydrogen) atoms. The Morgan fingerprint density at radius 1 is 1.30 bits per heavy atom. The van der Waals surface area contributed by atoms with Crippen molar-refractivity contribution in [3.05, 3.63) is 29.6 Å². The predicted octanol–water partition coefficient (Wildman–Crippen LogP) is 1.72. The Bertz CT molecular complexity index is 380. The van der Waals surface area contributed by atoms with Gasteiger partial charge >= 0.3 is 0 Å². The Morgan fingerprint density at radius 2 is 2.05 bits per heavy atom. The molecule has 0 bridgehead atoms. The maximum atomic E-state index is 4.59. The van der Waals surface area contributed by atoms with Crippen molar-refractivity contribution in [2.45, 2.75) is 38.9 Å². The quantitative estimate of drug-likeness (QED) is 0.857. The molecule has 1 saturated heterocycles. The number of pyridine rings is 1. The Balaban J connectivity index is 1.79. The minimum absolute atomic E-state index is 0.752. The molecule has 1 aliphatic heterocycles. The molecule has 1 aromatic heterocycles. The van der Waals surface area contributed by atoms with Crippen molar-refractivity contribution in [1.29, 1.82) is 0 Å². The highest BCUT2D eigenvalue weighted by atomic mass is 15.2. The lowest BCUT2D eigenvalue weighted by Crippen LogP contribution is -2.41. The van der Waals surface area contributed by atoms with Gasteiger partial charge in [-0.3, -0.25) is 9.88 Å². The van der Waals surface area contributed by atoms with Crippen LogP contribution in [0.3, 0.4) is 0 Å². The van der Waals surface area contributed by atoms with Crippen molar-refractivity contribution in [2.24, 2.45) is 0 Å². The molecule has 0 unspecified atom stereocenters. The molecule has 1 N–H and O–H groups in total. The first kappa shape index (κ1) is 15.4. The number of likely N-dealkylation sites (tertiary alicyclic amines) is 1. The van der Waals surface area contributed by atoms with Crippen LogP contribution >= 0.6 is 0 Å². The summed E-state index contributed by atoms with van der Waals surface area (Å²) >= 11 is 0. The van der Waals surface area contributed by atoms with Crippen molar-refractivity contribution in [3.63, 3.8) is 0 Å². The Hall–Kier alpha value is -0.970. The zero-order chi connectivity index (χ0) is 14.4. The van der Waals surface area contributed by atoms with Gasteiger partial charge in [0.05, 0.1) is 5.69 Å². The Morgan fingerprint density at radius 3 is 2.60 bits per heavy atom. The average molecular weight is 276 g/mol. The highest BCUT2D eigenvalue weighted by molar-refractivity contribution is 5.14. The van der Waals surface area contributed by atoms with E-state index in [1.54, 1.807) is 0 Å². The maximum Gasteiger partial charge on any atom is 0.0544 e. The van der Waals surface area contributed by atoms with Crippen molar-refractivity contribution < 1.29 is 0 Å². The van der Waals surface area contributed by atoms with E-state index in [1.165, 1.54) is 37.2 Å². The molecule has 2 heterocycles. The molecule has 0 atom stereocenters. The molecule has 0 radical (unpaired) electrons. The van der Waals surface area contributed by atoms with Gasteiger partial charge in [-0.05, 0) is 45.1 Å². The summed E-state index contributed by atoms with van der Waals surface area (Å²) in [6.07, 6.45) is 4.54. The SMILES string of the molecule is CCNCc1ccc(CN2CCC(N(C)C)CC2)nc1. The van der Waals surface area contributed by atoms with E-state index in [9.17, 15) is 0 Å². The Labute approximate surface area is 123 Å². The molecular formula is C16H28N4. The van der Waals surface area contributed by atoms with Crippen LogP contribution in [0.1, 0.15) is 31.0 Å². The van der Waals surface area contributed by atoms with E-state index >= 15 is 0 Å². The third-order valence-electron chi connectivity index (χ3n) is 4.14. The molecule has 2 rings (SSSR count). The van der Waals surface area contributed by atoms with Crippen LogP contribution < -0.4 is 5.32 Å². The van der Waals surface area contributed by atoms with Crippen LogP contribution in [-0.4, -0.2) is 54.6 Å². The fraction of sp³-hybridized carbons (Fsp3) is 0.688. The first-order valence-corrected chi connectivity index (χ1v) is 7.72. The second-order valence-corrected chi connectivity index (χ2v) is 5.91. The molecular weight excluding hydrogens is 248 g/mol. The number of rotatable bonds is 6. The van der Waals surface area contributed by atoms with Crippen molar-refractivity contribution in [3.8, 4) is 0 Å². The summed E-state index contributed by atoms with van der Waals surface area (Å²) < 4.78 is 0. The fourth-order valence-electron chi connectivity index (χ4n) is 2.75. The Kier molecular flexibility index (Phi) is 5.95. The van der Waals surface area contributed by atoms with Crippen LogP contribution in [0.15, 0.2) is 18.3 Å². The molecule has 0 saturated carbocycles. The molecule has 0 aromatic carbocycles. The summed E-state index contributed by atoms with van der Waals surface area (Å²) in [5.74, 6) is 0. The summed E-state index contributed by atoms with van der Waals surface area (Å²) in [6.45, 7) is 7.40. The largest absolute Gasteiger partial charge is 0.313 e. The lowest BCUT2D eigenvalue weighted by molar-refractivity contribution is 0.139. The molecule has 0 aliphatic carbocycles. The van der Waals surface area contributed by atoms with Gasteiger partial charge in [0.15, 0.2) is 0 Å². The maximum absolute atomic E-state index is 4.59. The van der Waals surface area contributed by atoms with E-state index < -0.39 is 0 Å². The third kappa shape index (κ3) is 4.54. The zero-order valence-corrected chi connectivity index (χ0v) is 13.1. The molecule has 1 aromatic rings. The number of aromatic nitrogens is 1.